The number of nitrogens with zero attached hydrogens (tertiary/aromatic N) is 4. The van der Waals surface area contributed by atoms with E-state index in [1.54, 1.807) is 0 Å². The third kappa shape index (κ3) is 5.21. The minimum Gasteiger partial charge on any atom is -0.355 e. The van der Waals surface area contributed by atoms with Crippen LogP contribution in [0, 0.1) is 6.92 Å². The molecular weight excluding hydrogens is 298 g/mol. The molecule has 0 saturated carbocycles. The quantitative estimate of drug-likeness (QED) is 0.657. The van der Waals surface area contributed by atoms with Crippen LogP contribution in [0.4, 0.5) is 0 Å². The minimum absolute atomic E-state index is 0.516. The van der Waals surface area contributed by atoms with Gasteiger partial charge in [-0.15, -0.1) is 0 Å². The molecule has 134 valence electrons. The maximum Gasteiger partial charge on any atom is 0.193 e. The fourth-order valence-electron chi connectivity index (χ4n) is 3.13. The highest BCUT2D eigenvalue weighted by atomic mass is 15.3. The van der Waals surface area contributed by atoms with Crippen LogP contribution in [0.1, 0.15) is 18.1 Å². The summed E-state index contributed by atoms with van der Waals surface area (Å²) < 4.78 is 0. The number of piperazine rings is 1. The van der Waals surface area contributed by atoms with Crippen molar-refractivity contribution in [2.24, 2.45) is 4.99 Å². The Hall–Kier alpha value is -1.59. The van der Waals surface area contributed by atoms with Crippen LogP contribution in [0.2, 0.25) is 0 Å². The molecule has 1 aliphatic rings. The van der Waals surface area contributed by atoms with Crippen LogP contribution in [0.15, 0.2) is 29.3 Å². The molecule has 1 N–H and O–H groups in total. The van der Waals surface area contributed by atoms with Gasteiger partial charge in [0, 0.05) is 59.4 Å². The summed E-state index contributed by atoms with van der Waals surface area (Å²) in [6, 6.07) is 9.05. The number of aliphatic imine (C=N–C) groups is 1. The van der Waals surface area contributed by atoms with Gasteiger partial charge in [-0.05, 0) is 32.0 Å². The molecule has 0 aliphatic carbocycles. The zero-order chi connectivity index (χ0) is 17.5. The molecule has 5 nitrogen and oxygen atoms in total. The summed E-state index contributed by atoms with van der Waals surface area (Å²) in [5.41, 5.74) is 2.67. The molecule has 1 unspecified atom stereocenters. The normalized spacial score (nSPS) is 18.5. The molecular formula is C19H33N5. The first-order chi connectivity index (χ1) is 11.5. The third-order valence-electron chi connectivity index (χ3n) is 4.96. The van der Waals surface area contributed by atoms with Crippen molar-refractivity contribution in [3.05, 3.63) is 35.4 Å². The molecule has 0 spiro atoms. The van der Waals surface area contributed by atoms with Crippen molar-refractivity contribution in [2.45, 2.75) is 26.4 Å². The Kier molecular flexibility index (Phi) is 7.06. The van der Waals surface area contributed by atoms with Gasteiger partial charge in [0.25, 0.3) is 0 Å². The van der Waals surface area contributed by atoms with Crippen molar-refractivity contribution in [2.75, 3.05) is 53.9 Å². The fourth-order valence-corrected chi connectivity index (χ4v) is 3.13. The van der Waals surface area contributed by atoms with Gasteiger partial charge in [-0.1, -0.05) is 24.3 Å². The topological polar surface area (TPSA) is 34.1 Å². The van der Waals surface area contributed by atoms with Crippen LogP contribution in [-0.4, -0.2) is 80.6 Å². The van der Waals surface area contributed by atoms with E-state index in [4.69, 9.17) is 0 Å². The Bertz CT molecular complexity index is 534. The SMILES string of the molecule is CN=C(NCC(C)N1CCN(C)CC1)N(C)Cc1ccccc1C. The summed E-state index contributed by atoms with van der Waals surface area (Å²) in [5.74, 6) is 0.958. The van der Waals surface area contributed by atoms with Crippen LogP contribution >= 0.6 is 0 Å². The van der Waals surface area contributed by atoms with Gasteiger partial charge >= 0.3 is 0 Å². The lowest BCUT2D eigenvalue weighted by Crippen LogP contribution is -2.52. The monoisotopic (exact) mass is 331 g/mol. The molecule has 24 heavy (non-hydrogen) atoms. The smallest absolute Gasteiger partial charge is 0.193 e. The van der Waals surface area contributed by atoms with E-state index in [0.29, 0.717) is 6.04 Å². The van der Waals surface area contributed by atoms with E-state index < -0.39 is 0 Å². The number of rotatable bonds is 5. The average molecular weight is 332 g/mol. The zero-order valence-corrected chi connectivity index (χ0v) is 15.9. The predicted octanol–water partition coefficient (Wildman–Crippen LogP) is 1.64. The van der Waals surface area contributed by atoms with Gasteiger partial charge < -0.3 is 15.1 Å². The van der Waals surface area contributed by atoms with Gasteiger partial charge in [0.2, 0.25) is 0 Å². The lowest BCUT2D eigenvalue weighted by Gasteiger charge is -2.37. The zero-order valence-electron chi connectivity index (χ0n) is 15.9. The van der Waals surface area contributed by atoms with Gasteiger partial charge in [-0.2, -0.15) is 0 Å². The second-order valence-electron chi connectivity index (χ2n) is 6.90. The highest BCUT2D eigenvalue weighted by Crippen LogP contribution is 2.10. The van der Waals surface area contributed by atoms with Crippen LogP contribution in [0.3, 0.4) is 0 Å². The highest BCUT2D eigenvalue weighted by Gasteiger charge is 2.19. The van der Waals surface area contributed by atoms with E-state index in [2.05, 4.69) is 77.2 Å². The van der Waals surface area contributed by atoms with Crippen LogP contribution in [0.25, 0.3) is 0 Å². The first-order valence-corrected chi connectivity index (χ1v) is 8.90. The number of hydrogen-bond acceptors (Lipinski definition) is 3. The molecule has 1 atom stereocenters. The van der Waals surface area contributed by atoms with E-state index in [-0.39, 0.29) is 0 Å². The number of nitrogens with one attached hydrogen (secondary N) is 1. The number of hydrogen-bond donors (Lipinski definition) is 1. The molecule has 0 amide bonds. The van der Waals surface area contributed by atoms with E-state index in [9.17, 15) is 0 Å². The molecule has 2 rings (SSSR count). The summed E-state index contributed by atoms with van der Waals surface area (Å²) in [5, 5.41) is 3.54. The van der Waals surface area contributed by atoms with E-state index in [1.807, 2.05) is 7.05 Å². The molecule has 1 fully saturated rings. The number of likely N-dealkylation sites (N-methyl/N-ethyl adjacent to an activating group) is 1. The average Bonchev–Trinajstić information content (AvgIpc) is 2.58. The first kappa shape index (κ1) is 18.7. The second-order valence-corrected chi connectivity index (χ2v) is 6.90. The molecule has 0 bridgehead atoms. The summed E-state index contributed by atoms with van der Waals surface area (Å²) in [6.45, 7) is 10.9. The molecule has 1 aromatic carbocycles. The Balaban J connectivity index is 1.84. The molecule has 1 aromatic rings. The van der Waals surface area contributed by atoms with Gasteiger partial charge in [0.05, 0.1) is 0 Å². The molecule has 0 radical (unpaired) electrons. The van der Waals surface area contributed by atoms with Crippen molar-refractivity contribution in [1.29, 1.82) is 0 Å². The fraction of sp³-hybridized carbons (Fsp3) is 0.632. The number of guanidine groups is 1. The van der Waals surface area contributed by atoms with Gasteiger partial charge in [0.15, 0.2) is 5.96 Å². The maximum atomic E-state index is 4.45. The Morgan fingerprint density at radius 1 is 1.25 bits per heavy atom. The van der Waals surface area contributed by atoms with Gasteiger partial charge in [-0.25, -0.2) is 0 Å². The Morgan fingerprint density at radius 3 is 2.54 bits per heavy atom. The standard InChI is InChI=1S/C19H33N5/c1-16-8-6-7-9-18(16)15-23(5)19(20-3)21-14-17(2)24-12-10-22(4)11-13-24/h6-9,17H,10-15H2,1-5H3,(H,20,21). The van der Waals surface area contributed by atoms with Gasteiger partial charge in [-0.3, -0.25) is 9.89 Å². The Labute approximate surface area is 147 Å². The van der Waals surface area contributed by atoms with Crippen molar-refractivity contribution in [3.63, 3.8) is 0 Å². The highest BCUT2D eigenvalue weighted by molar-refractivity contribution is 5.79. The second kappa shape index (κ2) is 9.04. The molecule has 1 aliphatic heterocycles. The number of benzene rings is 1. The maximum absolute atomic E-state index is 4.45. The number of aryl methyl sites for hydroxylation is 1. The minimum atomic E-state index is 0.516. The van der Waals surface area contributed by atoms with Crippen molar-refractivity contribution in [3.8, 4) is 0 Å². The van der Waals surface area contributed by atoms with Crippen molar-refractivity contribution >= 4 is 5.96 Å². The van der Waals surface area contributed by atoms with Gasteiger partial charge in [0.1, 0.15) is 0 Å². The summed E-state index contributed by atoms with van der Waals surface area (Å²) >= 11 is 0. The summed E-state index contributed by atoms with van der Waals surface area (Å²) in [4.78, 5) is 11.6. The van der Waals surface area contributed by atoms with E-state index in [1.165, 1.54) is 11.1 Å². The molecule has 5 heteroatoms. The molecule has 1 saturated heterocycles. The first-order valence-electron chi connectivity index (χ1n) is 8.90. The van der Waals surface area contributed by atoms with Crippen LogP contribution in [0.5, 0.6) is 0 Å². The third-order valence-corrected chi connectivity index (χ3v) is 4.96. The van der Waals surface area contributed by atoms with Crippen LogP contribution in [-0.2, 0) is 6.54 Å². The summed E-state index contributed by atoms with van der Waals surface area (Å²) in [7, 11) is 6.15. The van der Waals surface area contributed by atoms with E-state index >= 15 is 0 Å². The summed E-state index contributed by atoms with van der Waals surface area (Å²) in [6.07, 6.45) is 0. The van der Waals surface area contributed by atoms with Crippen LogP contribution < -0.4 is 5.32 Å². The largest absolute Gasteiger partial charge is 0.355 e. The lowest BCUT2D eigenvalue weighted by atomic mass is 10.1. The lowest BCUT2D eigenvalue weighted by molar-refractivity contribution is 0.119. The van der Waals surface area contributed by atoms with Crippen molar-refractivity contribution in [1.82, 2.24) is 20.0 Å². The molecule has 0 aromatic heterocycles. The predicted molar refractivity (Wildman–Crippen MR) is 103 cm³/mol. The van der Waals surface area contributed by atoms with E-state index in [0.717, 1.165) is 45.2 Å². The van der Waals surface area contributed by atoms with Crippen molar-refractivity contribution < 1.29 is 0 Å². The molecule has 1 heterocycles. The Morgan fingerprint density at radius 2 is 1.92 bits per heavy atom.